The first-order valence-electron chi connectivity index (χ1n) is 7.00. The second kappa shape index (κ2) is 6.58. The average Bonchev–Trinajstić information content (AvgIpc) is 2.90. The Morgan fingerprint density at radius 1 is 1.16 bits per heavy atom. The highest BCUT2D eigenvalue weighted by Gasteiger charge is 2.11. The van der Waals surface area contributed by atoms with Crippen LogP contribution >= 0.6 is 0 Å². The standard InChI is InChI=1S/C17H23NO/c1-13-6-4-7-16(12-13)10-9-14(2)18-15(3)17-8-5-11-19-17/h4-8,11-12,14-15,18H,9-10H2,1-3H3/t14?,15-/m0/s1. The molecule has 2 heteroatoms. The van der Waals surface area contributed by atoms with Crippen molar-refractivity contribution in [1.29, 1.82) is 0 Å². The monoisotopic (exact) mass is 257 g/mol. The molecule has 0 saturated heterocycles. The predicted molar refractivity (Wildman–Crippen MR) is 79.2 cm³/mol. The third-order valence-corrected chi connectivity index (χ3v) is 3.45. The van der Waals surface area contributed by atoms with Crippen molar-refractivity contribution in [3.05, 3.63) is 59.5 Å². The van der Waals surface area contributed by atoms with Gasteiger partial charge in [0.05, 0.1) is 12.3 Å². The minimum Gasteiger partial charge on any atom is -0.468 e. The number of hydrogen-bond donors (Lipinski definition) is 1. The highest BCUT2D eigenvalue weighted by Crippen LogP contribution is 2.15. The number of benzene rings is 1. The molecule has 0 radical (unpaired) electrons. The van der Waals surface area contributed by atoms with E-state index in [1.165, 1.54) is 11.1 Å². The molecule has 2 aromatic rings. The van der Waals surface area contributed by atoms with Gasteiger partial charge in [0.15, 0.2) is 0 Å². The summed E-state index contributed by atoms with van der Waals surface area (Å²) in [5.74, 6) is 1.00. The second-order valence-electron chi connectivity index (χ2n) is 5.33. The third-order valence-electron chi connectivity index (χ3n) is 3.45. The highest BCUT2D eigenvalue weighted by atomic mass is 16.3. The maximum absolute atomic E-state index is 5.41. The van der Waals surface area contributed by atoms with Gasteiger partial charge in [0, 0.05) is 6.04 Å². The molecule has 1 unspecified atom stereocenters. The topological polar surface area (TPSA) is 25.2 Å². The lowest BCUT2D eigenvalue weighted by Gasteiger charge is -2.18. The predicted octanol–water partition coefficient (Wildman–Crippen LogP) is 4.26. The normalized spacial score (nSPS) is 14.3. The Balaban J connectivity index is 1.80. The van der Waals surface area contributed by atoms with E-state index in [9.17, 15) is 0 Å². The lowest BCUT2D eigenvalue weighted by atomic mass is 10.0. The quantitative estimate of drug-likeness (QED) is 0.836. The van der Waals surface area contributed by atoms with Crippen molar-refractivity contribution in [2.75, 3.05) is 0 Å². The highest BCUT2D eigenvalue weighted by molar-refractivity contribution is 5.22. The van der Waals surface area contributed by atoms with Crippen molar-refractivity contribution in [2.24, 2.45) is 0 Å². The van der Waals surface area contributed by atoms with E-state index in [0.717, 1.165) is 18.6 Å². The van der Waals surface area contributed by atoms with Gasteiger partial charge in [-0.05, 0) is 51.3 Å². The SMILES string of the molecule is Cc1cccc(CCC(C)N[C@@H](C)c2ccco2)c1. The molecule has 1 heterocycles. The average molecular weight is 257 g/mol. The van der Waals surface area contributed by atoms with Crippen molar-refractivity contribution in [3.63, 3.8) is 0 Å². The maximum Gasteiger partial charge on any atom is 0.120 e. The van der Waals surface area contributed by atoms with Crippen molar-refractivity contribution in [1.82, 2.24) is 5.32 Å². The number of rotatable bonds is 6. The summed E-state index contributed by atoms with van der Waals surface area (Å²) in [5, 5.41) is 3.57. The zero-order valence-electron chi connectivity index (χ0n) is 12.0. The molecule has 2 rings (SSSR count). The third kappa shape index (κ3) is 4.25. The van der Waals surface area contributed by atoms with E-state index in [-0.39, 0.29) is 6.04 Å². The maximum atomic E-state index is 5.41. The summed E-state index contributed by atoms with van der Waals surface area (Å²) in [4.78, 5) is 0. The Morgan fingerprint density at radius 3 is 2.68 bits per heavy atom. The molecule has 2 nitrogen and oxygen atoms in total. The van der Waals surface area contributed by atoms with Crippen LogP contribution in [0.3, 0.4) is 0 Å². The van der Waals surface area contributed by atoms with Gasteiger partial charge in [-0.1, -0.05) is 29.8 Å². The summed E-state index contributed by atoms with van der Waals surface area (Å²) >= 11 is 0. The summed E-state index contributed by atoms with van der Waals surface area (Å²) in [6.07, 6.45) is 3.97. The molecule has 0 aliphatic rings. The van der Waals surface area contributed by atoms with E-state index in [0.29, 0.717) is 6.04 Å². The largest absolute Gasteiger partial charge is 0.468 e. The fourth-order valence-corrected chi connectivity index (χ4v) is 2.38. The summed E-state index contributed by atoms with van der Waals surface area (Å²) in [5.41, 5.74) is 2.75. The molecule has 19 heavy (non-hydrogen) atoms. The molecular formula is C17H23NO. The minimum absolute atomic E-state index is 0.266. The molecule has 0 bridgehead atoms. The van der Waals surface area contributed by atoms with Gasteiger partial charge in [-0.15, -0.1) is 0 Å². The molecule has 2 atom stereocenters. The van der Waals surface area contributed by atoms with Gasteiger partial charge in [0.1, 0.15) is 5.76 Å². The van der Waals surface area contributed by atoms with Gasteiger partial charge in [0.25, 0.3) is 0 Å². The lowest BCUT2D eigenvalue weighted by molar-refractivity contribution is 0.388. The summed E-state index contributed by atoms with van der Waals surface area (Å²) in [6, 6.07) is 13.4. The van der Waals surface area contributed by atoms with Crippen LogP contribution in [-0.4, -0.2) is 6.04 Å². The molecule has 0 amide bonds. The van der Waals surface area contributed by atoms with Crippen LogP contribution in [0, 0.1) is 6.92 Å². The van der Waals surface area contributed by atoms with Crippen LogP contribution in [0.5, 0.6) is 0 Å². The summed E-state index contributed by atoms with van der Waals surface area (Å²) in [7, 11) is 0. The van der Waals surface area contributed by atoms with Crippen molar-refractivity contribution in [2.45, 2.75) is 45.7 Å². The number of nitrogens with one attached hydrogen (secondary N) is 1. The van der Waals surface area contributed by atoms with Crippen LogP contribution < -0.4 is 5.32 Å². The Labute approximate surface area is 115 Å². The van der Waals surface area contributed by atoms with Gasteiger partial charge >= 0.3 is 0 Å². The Kier molecular flexibility index (Phi) is 4.80. The smallest absolute Gasteiger partial charge is 0.120 e. The van der Waals surface area contributed by atoms with Gasteiger partial charge in [-0.25, -0.2) is 0 Å². The van der Waals surface area contributed by atoms with Crippen LogP contribution in [0.4, 0.5) is 0 Å². The summed E-state index contributed by atoms with van der Waals surface area (Å²) in [6.45, 7) is 6.52. The number of hydrogen-bond acceptors (Lipinski definition) is 2. The first-order valence-corrected chi connectivity index (χ1v) is 7.00. The zero-order chi connectivity index (χ0) is 13.7. The van der Waals surface area contributed by atoms with Crippen molar-refractivity contribution in [3.8, 4) is 0 Å². The number of aryl methyl sites for hydroxylation is 2. The zero-order valence-corrected chi connectivity index (χ0v) is 12.0. The van der Waals surface area contributed by atoms with Crippen LogP contribution in [-0.2, 0) is 6.42 Å². The van der Waals surface area contributed by atoms with Gasteiger partial charge in [0.2, 0.25) is 0 Å². The molecule has 1 aromatic heterocycles. The molecule has 102 valence electrons. The van der Waals surface area contributed by atoms with E-state index in [2.05, 4.69) is 50.4 Å². The summed E-state index contributed by atoms with van der Waals surface area (Å²) < 4.78 is 5.41. The van der Waals surface area contributed by atoms with Gasteiger partial charge < -0.3 is 9.73 Å². The van der Waals surface area contributed by atoms with E-state index < -0.39 is 0 Å². The lowest BCUT2D eigenvalue weighted by Crippen LogP contribution is -2.29. The minimum atomic E-state index is 0.266. The van der Waals surface area contributed by atoms with E-state index in [1.54, 1.807) is 6.26 Å². The molecule has 0 aliphatic carbocycles. The molecule has 1 aromatic carbocycles. The molecule has 0 saturated carbocycles. The fourth-order valence-electron chi connectivity index (χ4n) is 2.38. The molecule has 0 aliphatic heterocycles. The van der Waals surface area contributed by atoms with Crippen LogP contribution in [0.25, 0.3) is 0 Å². The molecular weight excluding hydrogens is 234 g/mol. The van der Waals surface area contributed by atoms with Crippen LogP contribution in [0.15, 0.2) is 47.1 Å². The Bertz CT molecular complexity index is 490. The van der Waals surface area contributed by atoms with Gasteiger partial charge in [-0.2, -0.15) is 0 Å². The Hall–Kier alpha value is -1.54. The molecule has 0 spiro atoms. The number of furan rings is 1. The first kappa shape index (κ1) is 13.9. The van der Waals surface area contributed by atoms with Crippen molar-refractivity contribution < 1.29 is 4.42 Å². The van der Waals surface area contributed by atoms with Gasteiger partial charge in [-0.3, -0.25) is 0 Å². The van der Waals surface area contributed by atoms with Crippen LogP contribution in [0.2, 0.25) is 0 Å². The fraction of sp³-hybridized carbons (Fsp3) is 0.412. The van der Waals surface area contributed by atoms with E-state index in [1.807, 2.05) is 12.1 Å². The van der Waals surface area contributed by atoms with E-state index in [4.69, 9.17) is 4.42 Å². The van der Waals surface area contributed by atoms with E-state index >= 15 is 0 Å². The van der Waals surface area contributed by atoms with Crippen LogP contribution in [0.1, 0.15) is 43.2 Å². The second-order valence-corrected chi connectivity index (χ2v) is 5.33. The molecule has 1 N–H and O–H groups in total. The molecule has 0 fully saturated rings. The van der Waals surface area contributed by atoms with Crippen molar-refractivity contribution >= 4 is 0 Å². The Morgan fingerprint density at radius 2 is 2.00 bits per heavy atom. The first-order chi connectivity index (χ1) is 9.15.